The number of rotatable bonds is 11. The van der Waals surface area contributed by atoms with Crippen LogP contribution in [0.5, 0.6) is 23.0 Å². The molecule has 1 N–H and O–H groups in total. The van der Waals surface area contributed by atoms with Gasteiger partial charge in [0.1, 0.15) is 24.7 Å². The van der Waals surface area contributed by atoms with Gasteiger partial charge in [0.25, 0.3) is 5.91 Å². The summed E-state index contributed by atoms with van der Waals surface area (Å²) in [5, 5.41) is 15.0. The maximum Gasteiger partial charge on any atom is 0.283 e. The van der Waals surface area contributed by atoms with Crippen LogP contribution in [0.2, 0.25) is 0 Å². The fraction of sp³-hybridized carbons (Fsp3) is 0.200. The van der Waals surface area contributed by atoms with Gasteiger partial charge in [0.2, 0.25) is 5.17 Å². The van der Waals surface area contributed by atoms with Gasteiger partial charge in [0.15, 0.2) is 21.7 Å². The predicted molar refractivity (Wildman–Crippen MR) is 164 cm³/mol. The number of nitrogens with zero attached hydrogens (tertiary/aromatic N) is 3. The number of carbonyl (C=O) groups is 1. The molecule has 0 radical (unpaired) electrons. The number of aliphatic imine (C=N–C) groups is 1. The van der Waals surface area contributed by atoms with Crippen molar-refractivity contribution in [1.82, 2.24) is 5.01 Å². The Balaban J connectivity index is 1.24. The molecule has 0 saturated carbocycles. The second-order valence-electron chi connectivity index (χ2n) is 8.68. The first-order valence-corrected chi connectivity index (χ1v) is 14.7. The lowest BCUT2D eigenvalue weighted by Gasteiger charge is -2.20. The molecule has 3 aromatic carbocycles. The summed E-state index contributed by atoms with van der Waals surface area (Å²) < 4.78 is 23.4. The van der Waals surface area contributed by atoms with Crippen molar-refractivity contribution in [2.75, 3.05) is 26.9 Å². The molecule has 0 fully saturated rings. The fourth-order valence-electron chi connectivity index (χ4n) is 3.92. The van der Waals surface area contributed by atoms with Crippen LogP contribution in [0, 0.1) is 5.41 Å². The van der Waals surface area contributed by atoms with E-state index in [0.29, 0.717) is 47.8 Å². The molecule has 0 atom stereocenters. The summed E-state index contributed by atoms with van der Waals surface area (Å²) in [6.45, 7) is 2.94. The SMILES string of the molecule is CCOc1cc(/C=C2/C(=N)N3N=C(SCc4ccccc4)SC3=NC2=O)ccc1OCCOc1cccc(OC)c1. The Kier molecular flexibility index (Phi) is 9.27. The number of thioether (sulfide) groups is 2. The lowest BCUT2D eigenvalue weighted by Crippen LogP contribution is -2.35. The zero-order valence-corrected chi connectivity index (χ0v) is 24.2. The van der Waals surface area contributed by atoms with Crippen LogP contribution >= 0.6 is 23.5 Å². The molecule has 3 aromatic rings. The van der Waals surface area contributed by atoms with Crippen LogP contribution in [-0.2, 0) is 10.5 Å². The van der Waals surface area contributed by atoms with Crippen molar-refractivity contribution in [2.45, 2.75) is 12.7 Å². The van der Waals surface area contributed by atoms with Crippen LogP contribution in [0.3, 0.4) is 0 Å². The summed E-state index contributed by atoms with van der Waals surface area (Å²) in [6.07, 6.45) is 1.62. The molecule has 11 heteroatoms. The van der Waals surface area contributed by atoms with Crippen molar-refractivity contribution in [3.63, 3.8) is 0 Å². The molecule has 0 aliphatic carbocycles. The quantitative estimate of drug-likeness (QED) is 0.213. The number of hydrogen-bond acceptors (Lipinski definition) is 9. The van der Waals surface area contributed by atoms with Gasteiger partial charge in [0, 0.05) is 11.8 Å². The lowest BCUT2D eigenvalue weighted by molar-refractivity contribution is -0.114. The number of carbonyl (C=O) groups excluding carboxylic acids is 1. The summed E-state index contributed by atoms with van der Waals surface area (Å²) in [5.74, 6) is 2.72. The van der Waals surface area contributed by atoms with Crippen LogP contribution in [0.4, 0.5) is 0 Å². The number of hydrogen-bond donors (Lipinski definition) is 1. The zero-order chi connectivity index (χ0) is 28.6. The first-order chi connectivity index (χ1) is 20.0. The van der Waals surface area contributed by atoms with Crippen molar-refractivity contribution in [1.29, 1.82) is 5.41 Å². The van der Waals surface area contributed by atoms with Crippen LogP contribution in [-0.4, -0.2) is 53.2 Å². The highest BCUT2D eigenvalue weighted by molar-refractivity contribution is 8.45. The molecule has 9 nitrogen and oxygen atoms in total. The maximum absolute atomic E-state index is 12.9. The molecular weight excluding hydrogens is 560 g/mol. The largest absolute Gasteiger partial charge is 0.497 e. The molecule has 2 aliphatic rings. The average molecular weight is 589 g/mol. The van der Waals surface area contributed by atoms with Crippen LogP contribution in [0.15, 0.2) is 88.5 Å². The molecule has 0 spiro atoms. The van der Waals surface area contributed by atoms with E-state index in [1.165, 1.54) is 22.3 Å². The molecule has 0 aromatic heterocycles. The van der Waals surface area contributed by atoms with Gasteiger partial charge in [-0.2, -0.15) is 10.0 Å². The molecule has 0 unspecified atom stereocenters. The van der Waals surface area contributed by atoms with Crippen molar-refractivity contribution in [2.24, 2.45) is 10.1 Å². The predicted octanol–water partition coefficient (Wildman–Crippen LogP) is 6.06. The van der Waals surface area contributed by atoms with Crippen LogP contribution in [0.25, 0.3) is 6.08 Å². The fourth-order valence-corrected chi connectivity index (χ4v) is 5.81. The topological polar surface area (TPSA) is 106 Å². The van der Waals surface area contributed by atoms with E-state index in [-0.39, 0.29) is 11.4 Å². The van der Waals surface area contributed by atoms with Crippen molar-refractivity contribution in [3.8, 4) is 23.0 Å². The average Bonchev–Trinajstić information content (AvgIpc) is 3.41. The highest BCUT2D eigenvalue weighted by atomic mass is 32.2. The molecule has 2 heterocycles. The van der Waals surface area contributed by atoms with E-state index < -0.39 is 5.91 Å². The van der Waals surface area contributed by atoms with Crippen molar-refractivity contribution >= 4 is 50.9 Å². The van der Waals surface area contributed by atoms with Crippen molar-refractivity contribution < 1.29 is 23.7 Å². The summed E-state index contributed by atoms with van der Waals surface area (Å²) in [7, 11) is 1.61. The maximum atomic E-state index is 12.9. The van der Waals surface area contributed by atoms with E-state index in [9.17, 15) is 4.79 Å². The number of nitrogens with one attached hydrogen (secondary N) is 1. The van der Waals surface area contributed by atoms with Gasteiger partial charge >= 0.3 is 0 Å². The van der Waals surface area contributed by atoms with Gasteiger partial charge in [-0.1, -0.05) is 54.2 Å². The minimum absolute atomic E-state index is 0.0178. The normalized spacial score (nSPS) is 15.4. The summed E-state index contributed by atoms with van der Waals surface area (Å²) >= 11 is 2.84. The number of ether oxygens (including phenoxy) is 4. The van der Waals surface area contributed by atoms with Gasteiger partial charge in [-0.15, -0.1) is 5.10 Å². The Morgan fingerprint density at radius 2 is 1.76 bits per heavy atom. The van der Waals surface area contributed by atoms with E-state index in [0.717, 1.165) is 15.9 Å². The number of methoxy groups -OCH3 is 1. The van der Waals surface area contributed by atoms with Gasteiger partial charge in [-0.05, 0) is 60.2 Å². The third-order valence-corrected chi connectivity index (χ3v) is 7.98. The molecular formula is C30H28N4O5S2. The van der Waals surface area contributed by atoms with E-state index >= 15 is 0 Å². The highest BCUT2D eigenvalue weighted by Crippen LogP contribution is 2.35. The first kappa shape index (κ1) is 28.3. The molecule has 210 valence electrons. The smallest absolute Gasteiger partial charge is 0.283 e. The Morgan fingerprint density at radius 1 is 0.951 bits per heavy atom. The second kappa shape index (κ2) is 13.4. The van der Waals surface area contributed by atoms with E-state index in [2.05, 4.69) is 10.1 Å². The highest BCUT2D eigenvalue weighted by Gasteiger charge is 2.35. The number of amides is 1. The Morgan fingerprint density at radius 3 is 2.56 bits per heavy atom. The summed E-state index contributed by atoms with van der Waals surface area (Å²) in [4.78, 5) is 17.1. The zero-order valence-electron chi connectivity index (χ0n) is 22.5. The van der Waals surface area contributed by atoms with E-state index in [4.69, 9.17) is 24.4 Å². The first-order valence-electron chi connectivity index (χ1n) is 12.9. The molecule has 1 amide bonds. The lowest BCUT2D eigenvalue weighted by atomic mass is 10.1. The molecule has 0 bridgehead atoms. The number of hydrazone groups is 1. The number of amidine groups is 2. The van der Waals surface area contributed by atoms with Crippen molar-refractivity contribution in [3.05, 3.63) is 89.5 Å². The minimum Gasteiger partial charge on any atom is -0.497 e. The summed E-state index contributed by atoms with van der Waals surface area (Å²) in [5.41, 5.74) is 1.99. The van der Waals surface area contributed by atoms with Gasteiger partial charge in [0.05, 0.1) is 19.3 Å². The number of benzene rings is 3. The third-order valence-electron chi connectivity index (χ3n) is 5.87. The van der Waals surface area contributed by atoms with Gasteiger partial charge in [-0.3, -0.25) is 10.2 Å². The standard InChI is InChI=1S/C30H28N4O5S2/c1-3-37-26-17-21(12-13-25(26)39-15-14-38-23-11-7-10-22(18-23)36-2)16-24-27(31)34-29(32-28(24)35)41-30(33-34)40-19-20-8-5-4-6-9-20/h4-13,16-18,31H,3,14-15,19H2,1-2H3/b24-16-,31-27?. The Hall–Kier alpha value is -4.22. The van der Waals surface area contributed by atoms with E-state index in [1.54, 1.807) is 43.1 Å². The molecule has 41 heavy (non-hydrogen) atoms. The molecule has 2 aliphatic heterocycles. The molecule has 0 saturated heterocycles. The minimum atomic E-state index is -0.480. The third kappa shape index (κ3) is 7.11. The summed E-state index contributed by atoms with van der Waals surface area (Å²) in [6, 6.07) is 22.8. The number of fused-ring (bicyclic) bond motifs is 1. The Labute approximate surface area is 246 Å². The second-order valence-corrected chi connectivity index (χ2v) is 10.9. The van der Waals surface area contributed by atoms with E-state index in [1.807, 2.05) is 61.5 Å². The monoisotopic (exact) mass is 588 g/mol. The van der Waals surface area contributed by atoms with Crippen LogP contribution in [0.1, 0.15) is 18.1 Å². The van der Waals surface area contributed by atoms with Gasteiger partial charge in [-0.25, -0.2) is 0 Å². The van der Waals surface area contributed by atoms with Crippen LogP contribution < -0.4 is 18.9 Å². The Bertz CT molecular complexity index is 1520. The molecule has 5 rings (SSSR count). The van der Waals surface area contributed by atoms with Gasteiger partial charge < -0.3 is 18.9 Å².